The molecule has 0 fully saturated rings. The number of hydrogen-bond acceptors (Lipinski definition) is 4. The topological polar surface area (TPSA) is 92.3 Å². The van der Waals surface area contributed by atoms with Crippen LogP contribution in [0, 0.1) is 5.82 Å². The van der Waals surface area contributed by atoms with E-state index >= 15 is 0 Å². The molecule has 6 nitrogen and oxygen atoms in total. The van der Waals surface area contributed by atoms with Crippen LogP contribution in [0.15, 0.2) is 53.4 Å². The van der Waals surface area contributed by atoms with Gasteiger partial charge in [0.15, 0.2) is 9.84 Å². The van der Waals surface area contributed by atoms with E-state index in [1.54, 1.807) is 0 Å². The van der Waals surface area contributed by atoms with E-state index < -0.39 is 33.2 Å². The fraction of sp³-hybridized carbons (Fsp3) is 0.125. The maximum absolute atomic E-state index is 13.4. The van der Waals surface area contributed by atoms with Crippen LogP contribution in [0.4, 0.5) is 4.39 Å². The number of hydrogen-bond donors (Lipinski definition) is 2. The van der Waals surface area contributed by atoms with Gasteiger partial charge in [-0.15, -0.1) is 0 Å². The molecule has 0 unspecified atom stereocenters. The second-order valence-corrected chi connectivity index (χ2v) is 7.55. The number of carbonyl (C=O) groups is 2. The molecule has 132 valence electrons. The van der Waals surface area contributed by atoms with E-state index in [0.717, 1.165) is 6.07 Å². The van der Waals surface area contributed by atoms with Gasteiger partial charge in [0.05, 0.1) is 16.2 Å². The highest BCUT2D eigenvalue weighted by Crippen LogP contribution is 2.16. The molecule has 0 aliphatic rings. The Bertz CT molecular complexity index is 885. The summed E-state index contributed by atoms with van der Waals surface area (Å²) < 4.78 is 37.6. The Morgan fingerprint density at radius 3 is 2.28 bits per heavy atom. The van der Waals surface area contributed by atoms with Gasteiger partial charge >= 0.3 is 0 Å². The zero-order valence-corrected chi connectivity index (χ0v) is 14.4. The molecule has 0 atom stereocenters. The third kappa shape index (κ3) is 5.27. The van der Waals surface area contributed by atoms with Crippen molar-refractivity contribution in [2.24, 2.45) is 0 Å². The van der Waals surface area contributed by atoms with Gasteiger partial charge in [-0.25, -0.2) is 12.8 Å². The molecule has 0 aliphatic heterocycles. The zero-order valence-electron chi connectivity index (χ0n) is 12.8. The summed E-state index contributed by atoms with van der Waals surface area (Å²) in [5, 5.41) is 0.396. The normalized spacial score (nSPS) is 11.0. The summed E-state index contributed by atoms with van der Waals surface area (Å²) >= 11 is 5.70. The Balaban J connectivity index is 1.87. The fourth-order valence-corrected chi connectivity index (χ4v) is 3.26. The van der Waals surface area contributed by atoms with E-state index in [4.69, 9.17) is 11.6 Å². The molecule has 0 spiro atoms. The summed E-state index contributed by atoms with van der Waals surface area (Å²) in [6.07, 6.45) is -0.373. The minimum atomic E-state index is -3.66. The average molecular weight is 385 g/mol. The number of carbonyl (C=O) groups excluding carboxylic acids is 2. The number of benzene rings is 2. The van der Waals surface area contributed by atoms with Crippen molar-refractivity contribution in [3.05, 3.63) is 64.9 Å². The van der Waals surface area contributed by atoms with Crippen LogP contribution in [0.5, 0.6) is 0 Å². The molecule has 0 bridgehead atoms. The molecule has 2 aromatic rings. The Kier molecular flexibility index (Phi) is 6.11. The Morgan fingerprint density at radius 2 is 1.64 bits per heavy atom. The quantitative estimate of drug-likeness (QED) is 0.772. The predicted molar refractivity (Wildman–Crippen MR) is 90.1 cm³/mol. The lowest BCUT2D eigenvalue weighted by atomic mass is 10.2. The number of nitrogens with one attached hydrogen (secondary N) is 2. The Hall–Kier alpha value is -2.45. The van der Waals surface area contributed by atoms with Crippen LogP contribution in [0.1, 0.15) is 16.8 Å². The van der Waals surface area contributed by atoms with E-state index in [-0.39, 0.29) is 16.9 Å². The summed E-state index contributed by atoms with van der Waals surface area (Å²) in [5.74, 6) is -2.75. The molecule has 25 heavy (non-hydrogen) atoms. The second kappa shape index (κ2) is 8.09. The molecule has 0 saturated carbocycles. The lowest BCUT2D eigenvalue weighted by Gasteiger charge is -2.08. The lowest BCUT2D eigenvalue weighted by molar-refractivity contribution is -0.121. The van der Waals surface area contributed by atoms with Crippen molar-refractivity contribution in [1.29, 1.82) is 0 Å². The number of halogens is 2. The van der Waals surface area contributed by atoms with Crippen molar-refractivity contribution in [3.8, 4) is 0 Å². The van der Waals surface area contributed by atoms with Crippen LogP contribution in [-0.4, -0.2) is 26.0 Å². The van der Waals surface area contributed by atoms with Gasteiger partial charge < -0.3 is 0 Å². The summed E-state index contributed by atoms with van der Waals surface area (Å²) in [7, 11) is -3.66. The molecular weight excluding hydrogens is 371 g/mol. The molecule has 0 radical (unpaired) electrons. The van der Waals surface area contributed by atoms with E-state index in [0.29, 0.717) is 5.02 Å². The highest BCUT2D eigenvalue weighted by molar-refractivity contribution is 7.91. The van der Waals surface area contributed by atoms with Crippen molar-refractivity contribution in [2.45, 2.75) is 11.3 Å². The highest BCUT2D eigenvalue weighted by atomic mass is 35.5. The first-order chi connectivity index (χ1) is 11.8. The maximum Gasteiger partial charge on any atom is 0.272 e. The first-order valence-corrected chi connectivity index (χ1v) is 9.14. The van der Waals surface area contributed by atoms with Gasteiger partial charge in [-0.2, -0.15) is 0 Å². The molecule has 2 amide bonds. The van der Waals surface area contributed by atoms with Crippen LogP contribution in [0.2, 0.25) is 5.02 Å². The van der Waals surface area contributed by atoms with Crippen molar-refractivity contribution in [1.82, 2.24) is 10.9 Å². The van der Waals surface area contributed by atoms with Crippen LogP contribution in [0.3, 0.4) is 0 Å². The van der Waals surface area contributed by atoms with Gasteiger partial charge in [-0.05, 0) is 36.4 Å². The highest BCUT2D eigenvalue weighted by Gasteiger charge is 2.17. The molecule has 2 aromatic carbocycles. The molecule has 0 heterocycles. The first-order valence-electron chi connectivity index (χ1n) is 7.11. The molecule has 0 aromatic heterocycles. The van der Waals surface area contributed by atoms with Crippen molar-refractivity contribution < 1.29 is 22.4 Å². The van der Waals surface area contributed by atoms with Crippen LogP contribution in [-0.2, 0) is 14.6 Å². The smallest absolute Gasteiger partial charge is 0.272 e. The molecule has 2 N–H and O–H groups in total. The molecule has 9 heteroatoms. The van der Waals surface area contributed by atoms with Crippen molar-refractivity contribution >= 4 is 33.3 Å². The van der Waals surface area contributed by atoms with Gasteiger partial charge in [0.2, 0.25) is 5.91 Å². The zero-order chi connectivity index (χ0) is 18.4. The molecule has 0 aliphatic carbocycles. The summed E-state index contributed by atoms with van der Waals surface area (Å²) in [6, 6.07) is 10.8. The minimum Gasteiger partial charge on any atom is -0.273 e. The van der Waals surface area contributed by atoms with Gasteiger partial charge in [0, 0.05) is 11.4 Å². The van der Waals surface area contributed by atoms with Crippen molar-refractivity contribution in [2.75, 3.05) is 5.75 Å². The van der Waals surface area contributed by atoms with E-state index in [2.05, 4.69) is 5.43 Å². The van der Waals surface area contributed by atoms with E-state index in [1.165, 1.54) is 42.5 Å². The van der Waals surface area contributed by atoms with Crippen LogP contribution >= 0.6 is 11.6 Å². The third-order valence-electron chi connectivity index (χ3n) is 3.20. The van der Waals surface area contributed by atoms with Crippen LogP contribution < -0.4 is 10.9 Å². The SMILES string of the molecule is O=C(CCS(=O)(=O)c1ccc(Cl)cc1)NNC(=O)c1ccccc1F. The standard InChI is InChI=1S/C16H14ClFN2O4S/c17-11-5-7-12(8-6-11)25(23,24)10-9-15(21)19-20-16(22)13-3-1-2-4-14(13)18/h1-8H,9-10H2,(H,19,21)(H,20,22). The lowest BCUT2D eigenvalue weighted by Crippen LogP contribution is -2.42. The number of amides is 2. The van der Waals surface area contributed by atoms with Gasteiger partial charge in [-0.1, -0.05) is 23.7 Å². The molecule has 0 saturated heterocycles. The third-order valence-corrected chi connectivity index (χ3v) is 5.19. The largest absolute Gasteiger partial charge is 0.273 e. The molecular formula is C16H14ClFN2O4S. The Labute approximate surface area is 148 Å². The van der Waals surface area contributed by atoms with Gasteiger partial charge in [0.1, 0.15) is 5.82 Å². The van der Waals surface area contributed by atoms with Gasteiger partial charge in [-0.3, -0.25) is 20.4 Å². The number of rotatable bonds is 5. The fourth-order valence-electron chi connectivity index (χ4n) is 1.89. The molecule has 2 rings (SSSR count). The summed E-state index contributed by atoms with van der Waals surface area (Å²) in [4.78, 5) is 23.5. The van der Waals surface area contributed by atoms with Crippen LogP contribution in [0.25, 0.3) is 0 Å². The maximum atomic E-state index is 13.4. The predicted octanol–water partition coefficient (Wildman–Crippen LogP) is 2.10. The second-order valence-electron chi connectivity index (χ2n) is 5.00. The summed E-state index contributed by atoms with van der Waals surface area (Å²) in [6.45, 7) is 0. The minimum absolute atomic E-state index is 0.0418. The van der Waals surface area contributed by atoms with Gasteiger partial charge in [0.25, 0.3) is 5.91 Å². The average Bonchev–Trinajstić information content (AvgIpc) is 2.59. The van der Waals surface area contributed by atoms with E-state index in [1.807, 2.05) is 5.43 Å². The monoisotopic (exact) mass is 384 g/mol. The summed E-state index contributed by atoms with van der Waals surface area (Å²) in [5.41, 5.74) is 3.84. The van der Waals surface area contributed by atoms with Crippen molar-refractivity contribution in [3.63, 3.8) is 0 Å². The first kappa shape index (κ1) is 18.9. The van der Waals surface area contributed by atoms with E-state index in [9.17, 15) is 22.4 Å². The number of sulfone groups is 1. The Morgan fingerprint density at radius 1 is 1.00 bits per heavy atom. The number of hydrazine groups is 1.